The second kappa shape index (κ2) is 6.26. The Kier molecular flexibility index (Phi) is 4.97. The molecule has 1 atom stereocenters. The van der Waals surface area contributed by atoms with Crippen LogP contribution in [-0.4, -0.2) is 28.7 Å². The molecule has 0 bridgehead atoms. The standard InChI is InChI=1S/C13H20N2O3/c1-8(2)5-10(7-14)15-13(18)9-3-4-11(16)12(17)6-9/h3-4,6,8,10,16-17H,5,7,14H2,1-2H3,(H,15,18). The lowest BCUT2D eigenvalue weighted by Crippen LogP contribution is -2.41. The zero-order chi connectivity index (χ0) is 13.7. The van der Waals surface area contributed by atoms with Gasteiger partial charge in [-0.1, -0.05) is 13.8 Å². The maximum Gasteiger partial charge on any atom is 0.251 e. The summed E-state index contributed by atoms with van der Waals surface area (Å²) in [5.41, 5.74) is 5.90. The summed E-state index contributed by atoms with van der Waals surface area (Å²) in [5, 5.41) is 21.3. The van der Waals surface area contributed by atoms with Crippen LogP contribution in [0.1, 0.15) is 30.6 Å². The van der Waals surface area contributed by atoms with E-state index >= 15 is 0 Å². The highest BCUT2D eigenvalue weighted by molar-refractivity contribution is 5.95. The van der Waals surface area contributed by atoms with Crippen molar-refractivity contribution in [3.05, 3.63) is 23.8 Å². The van der Waals surface area contributed by atoms with Gasteiger partial charge in [-0.3, -0.25) is 4.79 Å². The second-order valence-corrected chi connectivity index (χ2v) is 4.74. The molecular weight excluding hydrogens is 232 g/mol. The molecule has 18 heavy (non-hydrogen) atoms. The van der Waals surface area contributed by atoms with Crippen molar-refractivity contribution in [3.63, 3.8) is 0 Å². The fraction of sp³-hybridized carbons (Fsp3) is 0.462. The van der Waals surface area contributed by atoms with Crippen LogP contribution in [0.4, 0.5) is 0 Å². The molecule has 0 aromatic heterocycles. The zero-order valence-corrected chi connectivity index (χ0v) is 10.7. The van der Waals surface area contributed by atoms with Gasteiger partial charge in [0.05, 0.1) is 0 Å². The van der Waals surface area contributed by atoms with Gasteiger partial charge >= 0.3 is 0 Å². The Labute approximate surface area is 107 Å². The highest BCUT2D eigenvalue weighted by atomic mass is 16.3. The predicted octanol–water partition coefficient (Wildman–Crippen LogP) is 1.20. The molecule has 0 fully saturated rings. The van der Waals surface area contributed by atoms with Crippen LogP contribution in [0.5, 0.6) is 11.5 Å². The number of carbonyl (C=O) groups excluding carboxylic acids is 1. The van der Waals surface area contributed by atoms with E-state index in [2.05, 4.69) is 19.2 Å². The summed E-state index contributed by atoms with van der Waals surface area (Å²) in [7, 11) is 0. The number of benzene rings is 1. The fourth-order valence-corrected chi connectivity index (χ4v) is 1.72. The maximum atomic E-state index is 11.9. The summed E-state index contributed by atoms with van der Waals surface area (Å²) >= 11 is 0. The first kappa shape index (κ1) is 14.3. The number of carbonyl (C=O) groups is 1. The smallest absolute Gasteiger partial charge is 0.251 e. The van der Waals surface area contributed by atoms with E-state index < -0.39 is 0 Å². The third-order valence-corrected chi connectivity index (χ3v) is 2.61. The lowest BCUT2D eigenvalue weighted by Gasteiger charge is -2.18. The van der Waals surface area contributed by atoms with Crippen molar-refractivity contribution in [3.8, 4) is 11.5 Å². The maximum absolute atomic E-state index is 11.9. The summed E-state index contributed by atoms with van der Waals surface area (Å²) in [6.07, 6.45) is 0.798. The number of phenols is 2. The molecule has 1 unspecified atom stereocenters. The molecule has 5 heteroatoms. The van der Waals surface area contributed by atoms with E-state index in [4.69, 9.17) is 5.73 Å². The topological polar surface area (TPSA) is 95.6 Å². The van der Waals surface area contributed by atoms with Crippen molar-refractivity contribution in [1.82, 2.24) is 5.32 Å². The van der Waals surface area contributed by atoms with E-state index in [-0.39, 0.29) is 23.4 Å². The van der Waals surface area contributed by atoms with E-state index in [1.807, 2.05) is 0 Å². The Morgan fingerprint density at radius 3 is 2.50 bits per heavy atom. The Morgan fingerprint density at radius 2 is 2.00 bits per heavy atom. The van der Waals surface area contributed by atoms with Crippen LogP contribution in [0, 0.1) is 5.92 Å². The lowest BCUT2D eigenvalue weighted by molar-refractivity contribution is 0.0933. The minimum absolute atomic E-state index is 0.0894. The fourth-order valence-electron chi connectivity index (χ4n) is 1.72. The number of nitrogens with two attached hydrogens (primary N) is 1. The van der Waals surface area contributed by atoms with Crippen molar-refractivity contribution in [2.75, 3.05) is 6.54 Å². The summed E-state index contributed by atoms with van der Waals surface area (Å²) in [6, 6.07) is 3.87. The highest BCUT2D eigenvalue weighted by Gasteiger charge is 2.14. The van der Waals surface area contributed by atoms with E-state index in [0.29, 0.717) is 18.0 Å². The van der Waals surface area contributed by atoms with Crippen LogP contribution in [0.15, 0.2) is 18.2 Å². The first-order valence-electron chi connectivity index (χ1n) is 5.97. The minimum atomic E-state index is -0.309. The Morgan fingerprint density at radius 1 is 1.33 bits per heavy atom. The SMILES string of the molecule is CC(C)CC(CN)NC(=O)c1ccc(O)c(O)c1. The van der Waals surface area contributed by atoms with Crippen LogP contribution in [0.2, 0.25) is 0 Å². The van der Waals surface area contributed by atoms with Gasteiger partial charge in [-0.25, -0.2) is 0 Å². The highest BCUT2D eigenvalue weighted by Crippen LogP contribution is 2.24. The van der Waals surface area contributed by atoms with Gasteiger partial charge in [-0.05, 0) is 30.5 Å². The molecular formula is C13H20N2O3. The summed E-state index contributed by atoms with van der Waals surface area (Å²) < 4.78 is 0. The molecule has 100 valence electrons. The monoisotopic (exact) mass is 252 g/mol. The van der Waals surface area contributed by atoms with Gasteiger partial charge in [-0.2, -0.15) is 0 Å². The Bertz CT molecular complexity index is 419. The van der Waals surface area contributed by atoms with Gasteiger partial charge in [0.1, 0.15) is 0 Å². The number of aromatic hydroxyl groups is 2. The molecule has 5 nitrogen and oxygen atoms in total. The first-order chi connectivity index (χ1) is 8.43. The van der Waals surface area contributed by atoms with Gasteiger partial charge < -0.3 is 21.3 Å². The number of rotatable bonds is 5. The normalized spacial score (nSPS) is 12.4. The van der Waals surface area contributed by atoms with Crippen LogP contribution < -0.4 is 11.1 Å². The molecule has 0 saturated carbocycles. The summed E-state index contributed by atoms with van der Waals surface area (Å²) in [5.74, 6) is -0.423. The third kappa shape index (κ3) is 3.92. The molecule has 1 rings (SSSR count). The number of nitrogens with one attached hydrogen (secondary N) is 1. The quantitative estimate of drug-likeness (QED) is 0.592. The molecule has 0 saturated heterocycles. The first-order valence-corrected chi connectivity index (χ1v) is 5.97. The zero-order valence-electron chi connectivity index (χ0n) is 10.7. The van der Waals surface area contributed by atoms with Gasteiger partial charge in [0.25, 0.3) is 5.91 Å². The van der Waals surface area contributed by atoms with E-state index in [1.54, 1.807) is 0 Å². The molecule has 1 aromatic rings. The number of phenolic OH excluding ortho intramolecular Hbond substituents is 2. The Balaban J connectivity index is 2.71. The molecule has 0 heterocycles. The minimum Gasteiger partial charge on any atom is -0.504 e. The molecule has 0 radical (unpaired) electrons. The largest absolute Gasteiger partial charge is 0.504 e. The van der Waals surface area contributed by atoms with Gasteiger partial charge in [0, 0.05) is 18.2 Å². The number of hydrogen-bond donors (Lipinski definition) is 4. The van der Waals surface area contributed by atoms with Crippen molar-refractivity contribution < 1.29 is 15.0 Å². The molecule has 1 amide bonds. The van der Waals surface area contributed by atoms with Crippen molar-refractivity contribution >= 4 is 5.91 Å². The van der Waals surface area contributed by atoms with E-state index in [0.717, 1.165) is 6.42 Å². The average molecular weight is 252 g/mol. The summed E-state index contributed by atoms with van der Waals surface area (Å²) in [6.45, 7) is 4.48. The molecule has 0 aliphatic heterocycles. The van der Waals surface area contributed by atoms with Crippen LogP contribution in [0.25, 0.3) is 0 Å². The number of amides is 1. The van der Waals surface area contributed by atoms with Crippen molar-refractivity contribution in [2.45, 2.75) is 26.3 Å². The molecule has 0 spiro atoms. The summed E-state index contributed by atoms with van der Waals surface area (Å²) in [4.78, 5) is 11.9. The molecule has 0 aliphatic rings. The van der Waals surface area contributed by atoms with E-state index in [9.17, 15) is 15.0 Å². The van der Waals surface area contributed by atoms with Crippen LogP contribution in [-0.2, 0) is 0 Å². The molecule has 5 N–H and O–H groups in total. The second-order valence-electron chi connectivity index (χ2n) is 4.74. The average Bonchev–Trinajstić information content (AvgIpc) is 2.31. The van der Waals surface area contributed by atoms with E-state index in [1.165, 1.54) is 18.2 Å². The Hall–Kier alpha value is -1.75. The van der Waals surface area contributed by atoms with Crippen molar-refractivity contribution in [1.29, 1.82) is 0 Å². The van der Waals surface area contributed by atoms with Crippen molar-refractivity contribution in [2.24, 2.45) is 11.7 Å². The predicted molar refractivity (Wildman–Crippen MR) is 69.5 cm³/mol. The molecule has 1 aromatic carbocycles. The lowest BCUT2D eigenvalue weighted by atomic mass is 10.0. The third-order valence-electron chi connectivity index (χ3n) is 2.61. The van der Waals surface area contributed by atoms with Gasteiger partial charge in [0.2, 0.25) is 0 Å². The molecule has 0 aliphatic carbocycles. The van der Waals surface area contributed by atoms with Gasteiger partial charge in [0.15, 0.2) is 11.5 Å². The number of hydrogen-bond acceptors (Lipinski definition) is 4. The van der Waals surface area contributed by atoms with Crippen LogP contribution in [0.3, 0.4) is 0 Å². The van der Waals surface area contributed by atoms with Crippen LogP contribution >= 0.6 is 0 Å². The van der Waals surface area contributed by atoms with Gasteiger partial charge in [-0.15, -0.1) is 0 Å².